The molecule has 0 saturated carbocycles. The third-order valence-electron chi connectivity index (χ3n) is 3.52. The molecule has 0 aliphatic carbocycles. The number of carbonyl (C=O) groups is 1. The molecule has 19 heavy (non-hydrogen) atoms. The van der Waals surface area contributed by atoms with E-state index in [2.05, 4.69) is 5.32 Å². The lowest BCUT2D eigenvalue weighted by Gasteiger charge is -2.31. The Morgan fingerprint density at radius 1 is 1.32 bits per heavy atom. The third-order valence-corrected chi connectivity index (χ3v) is 3.52. The molecule has 1 N–H and O–H groups in total. The summed E-state index contributed by atoms with van der Waals surface area (Å²) in [5.74, 6) is -1.52. The monoisotopic (exact) mass is 268 g/mol. The van der Waals surface area contributed by atoms with Crippen molar-refractivity contribution in [3.05, 3.63) is 35.4 Å². The molecule has 0 spiro atoms. The van der Waals surface area contributed by atoms with Crippen LogP contribution < -0.4 is 5.32 Å². The predicted octanol–water partition coefficient (Wildman–Crippen LogP) is 2.07. The second kappa shape index (κ2) is 6.10. The number of rotatable bonds is 3. The zero-order valence-corrected chi connectivity index (χ0v) is 11.0. The first-order valence-electron chi connectivity index (χ1n) is 6.49. The van der Waals surface area contributed by atoms with Gasteiger partial charge in [-0.3, -0.25) is 4.79 Å². The molecule has 5 heteroatoms. The van der Waals surface area contributed by atoms with Crippen LogP contribution in [0.5, 0.6) is 0 Å². The molecule has 1 fully saturated rings. The van der Waals surface area contributed by atoms with E-state index in [0.29, 0.717) is 12.6 Å². The average Bonchev–Trinajstić information content (AvgIpc) is 2.40. The Morgan fingerprint density at radius 2 is 2.00 bits per heavy atom. The normalized spacial score (nSPS) is 16.7. The summed E-state index contributed by atoms with van der Waals surface area (Å²) in [4.78, 5) is 13.0. The van der Waals surface area contributed by atoms with Crippen molar-refractivity contribution in [3.8, 4) is 0 Å². The lowest BCUT2D eigenvalue weighted by Crippen LogP contribution is -2.43. The molecule has 1 saturated heterocycles. The molecule has 1 aliphatic rings. The molecule has 2 rings (SSSR count). The van der Waals surface area contributed by atoms with Gasteiger partial charge in [-0.2, -0.15) is 0 Å². The Hall–Kier alpha value is -1.49. The van der Waals surface area contributed by atoms with Crippen LogP contribution in [0.1, 0.15) is 25.3 Å². The first kappa shape index (κ1) is 13.9. The SMILES string of the molecule is CC(=O)N1CCC(NCc2ccc(F)c(F)c2)CC1. The molecular weight excluding hydrogens is 250 g/mol. The molecule has 104 valence electrons. The summed E-state index contributed by atoms with van der Waals surface area (Å²) >= 11 is 0. The maximum absolute atomic E-state index is 13.0. The van der Waals surface area contributed by atoms with E-state index in [1.807, 2.05) is 4.90 Å². The van der Waals surface area contributed by atoms with Crippen molar-refractivity contribution in [1.82, 2.24) is 10.2 Å². The molecule has 1 heterocycles. The number of hydrogen-bond acceptors (Lipinski definition) is 2. The number of carbonyl (C=O) groups excluding carboxylic acids is 1. The predicted molar refractivity (Wildman–Crippen MR) is 68.5 cm³/mol. The van der Waals surface area contributed by atoms with Crippen molar-refractivity contribution in [2.24, 2.45) is 0 Å². The van der Waals surface area contributed by atoms with Crippen LogP contribution in [0.4, 0.5) is 8.78 Å². The van der Waals surface area contributed by atoms with Crippen LogP contribution in [0.2, 0.25) is 0 Å². The maximum Gasteiger partial charge on any atom is 0.219 e. The van der Waals surface area contributed by atoms with Gasteiger partial charge in [0.05, 0.1) is 0 Å². The van der Waals surface area contributed by atoms with Gasteiger partial charge in [0.15, 0.2) is 11.6 Å². The first-order chi connectivity index (χ1) is 9.06. The topological polar surface area (TPSA) is 32.3 Å². The summed E-state index contributed by atoms with van der Waals surface area (Å²) < 4.78 is 25.8. The summed E-state index contributed by atoms with van der Waals surface area (Å²) in [5.41, 5.74) is 0.730. The van der Waals surface area contributed by atoms with Gasteiger partial charge in [-0.1, -0.05) is 6.07 Å². The fourth-order valence-corrected chi connectivity index (χ4v) is 2.31. The molecule has 0 radical (unpaired) electrons. The minimum atomic E-state index is -0.821. The molecule has 0 aromatic heterocycles. The van der Waals surface area contributed by atoms with E-state index in [1.54, 1.807) is 13.0 Å². The number of amides is 1. The highest BCUT2D eigenvalue weighted by Crippen LogP contribution is 2.12. The van der Waals surface area contributed by atoms with E-state index in [9.17, 15) is 13.6 Å². The van der Waals surface area contributed by atoms with Gasteiger partial charge < -0.3 is 10.2 Å². The molecule has 0 atom stereocenters. The van der Waals surface area contributed by atoms with Crippen LogP contribution in [-0.2, 0) is 11.3 Å². The zero-order chi connectivity index (χ0) is 13.8. The van der Waals surface area contributed by atoms with Crippen molar-refractivity contribution in [3.63, 3.8) is 0 Å². The van der Waals surface area contributed by atoms with Crippen molar-refractivity contribution < 1.29 is 13.6 Å². The number of likely N-dealkylation sites (tertiary alicyclic amines) is 1. The van der Waals surface area contributed by atoms with Crippen molar-refractivity contribution in [2.75, 3.05) is 13.1 Å². The molecule has 1 amide bonds. The molecule has 0 bridgehead atoms. The number of halogens is 2. The molecule has 1 aromatic carbocycles. The van der Waals surface area contributed by atoms with Crippen LogP contribution in [-0.4, -0.2) is 29.9 Å². The van der Waals surface area contributed by atoms with Crippen LogP contribution in [0.15, 0.2) is 18.2 Å². The number of piperidine rings is 1. The molecule has 1 aromatic rings. The third kappa shape index (κ3) is 3.73. The standard InChI is InChI=1S/C14H18F2N2O/c1-10(19)18-6-4-12(5-7-18)17-9-11-2-3-13(15)14(16)8-11/h2-3,8,12,17H,4-7,9H2,1H3. The lowest BCUT2D eigenvalue weighted by atomic mass is 10.0. The van der Waals surface area contributed by atoms with Crippen molar-refractivity contribution >= 4 is 5.91 Å². The number of benzene rings is 1. The zero-order valence-electron chi connectivity index (χ0n) is 11.0. The Morgan fingerprint density at radius 3 is 2.58 bits per heavy atom. The minimum absolute atomic E-state index is 0.110. The lowest BCUT2D eigenvalue weighted by molar-refractivity contribution is -0.129. The Bertz CT molecular complexity index is 457. The van der Waals surface area contributed by atoms with Crippen molar-refractivity contribution in [1.29, 1.82) is 0 Å². The largest absolute Gasteiger partial charge is 0.343 e. The van der Waals surface area contributed by atoms with Crippen molar-refractivity contribution in [2.45, 2.75) is 32.4 Å². The highest BCUT2D eigenvalue weighted by Gasteiger charge is 2.20. The van der Waals surface area contributed by atoms with E-state index in [4.69, 9.17) is 0 Å². The van der Waals surface area contributed by atoms with Gasteiger partial charge in [-0.05, 0) is 30.5 Å². The minimum Gasteiger partial charge on any atom is -0.343 e. The van der Waals surface area contributed by atoms with Crippen LogP contribution >= 0.6 is 0 Å². The number of hydrogen-bond donors (Lipinski definition) is 1. The molecule has 1 aliphatic heterocycles. The second-order valence-electron chi connectivity index (χ2n) is 4.91. The van der Waals surface area contributed by atoms with E-state index in [0.717, 1.165) is 37.6 Å². The van der Waals surface area contributed by atoms with Crippen LogP contribution in [0.25, 0.3) is 0 Å². The number of nitrogens with one attached hydrogen (secondary N) is 1. The molecule has 0 unspecified atom stereocenters. The summed E-state index contributed by atoms with van der Waals surface area (Å²) in [7, 11) is 0. The Balaban J connectivity index is 1.80. The average molecular weight is 268 g/mol. The highest BCUT2D eigenvalue weighted by molar-refractivity contribution is 5.73. The summed E-state index contributed by atoms with van der Waals surface area (Å²) in [6.45, 7) is 3.60. The first-order valence-corrected chi connectivity index (χ1v) is 6.49. The van der Waals surface area contributed by atoms with E-state index in [1.165, 1.54) is 6.07 Å². The van der Waals surface area contributed by atoms with Gasteiger partial charge in [0.25, 0.3) is 0 Å². The number of nitrogens with zero attached hydrogens (tertiary/aromatic N) is 1. The maximum atomic E-state index is 13.0. The fraction of sp³-hybridized carbons (Fsp3) is 0.500. The molecule has 3 nitrogen and oxygen atoms in total. The van der Waals surface area contributed by atoms with Gasteiger partial charge >= 0.3 is 0 Å². The van der Waals surface area contributed by atoms with Gasteiger partial charge in [0.1, 0.15) is 0 Å². The fourth-order valence-electron chi connectivity index (χ4n) is 2.31. The quantitative estimate of drug-likeness (QED) is 0.910. The highest BCUT2D eigenvalue weighted by atomic mass is 19.2. The summed E-state index contributed by atoms with van der Waals surface area (Å²) in [6.07, 6.45) is 1.78. The smallest absolute Gasteiger partial charge is 0.219 e. The van der Waals surface area contributed by atoms with E-state index >= 15 is 0 Å². The van der Waals surface area contributed by atoms with Crippen LogP contribution in [0.3, 0.4) is 0 Å². The Labute approximate surface area is 111 Å². The van der Waals surface area contributed by atoms with Gasteiger partial charge in [0.2, 0.25) is 5.91 Å². The summed E-state index contributed by atoms with van der Waals surface area (Å²) in [6, 6.07) is 4.26. The van der Waals surface area contributed by atoms with Gasteiger partial charge in [-0.15, -0.1) is 0 Å². The molecular formula is C14H18F2N2O. The summed E-state index contributed by atoms with van der Waals surface area (Å²) in [5, 5.41) is 3.32. The van der Waals surface area contributed by atoms with Crippen LogP contribution in [0, 0.1) is 11.6 Å². The van der Waals surface area contributed by atoms with Gasteiger partial charge in [-0.25, -0.2) is 8.78 Å². The van der Waals surface area contributed by atoms with E-state index < -0.39 is 11.6 Å². The Kier molecular flexibility index (Phi) is 4.47. The second-order valence-corrected chi connectivity index (χ2v) is 4.91. The van der Waals surface area contributed by atoms with E-state index in [-0.39, 0.29) is 5.91 Å². The van der Waals surface area contributed by atoms with Gasteiger partial charge in [0, 0.05) is 32.6 Å².